The van der Waals surface area contributed by atoms with Crippen molar-refractivity contribution >= 4 is 17.9 Å². The minimum atomic E-state index is -0.373. The summed E-state index contributed by atoms with van der Waals surface area (Å²) in [6.07, 6.45) is 3.65. The third-order valence-electron chi connectivity index (χ3n) is 4.99. The lowest BCUT2D eigenvalue weighted by Crippen LogP contribution is -2.24. The van der Waals surface area contributed by atoms with Gasteiger partial charge in [-0.2, -0.15) is 0 Å². The van der Waals surface area contributed by atoms with Crippen LogP contribution in [0, 0.1) is 10.7 Å². The number of hydrogen-bond donors (Lipinski definition) is 2. The number of aromatic amines is 1. The van der Waals surface area contributed by atoms with Crippen LogP contribution in [0.25, 0.3) is 0 Å². The highest BCUT2D eigenvalue weighted by Crippen LogP contribution is 2.33. The van der Waals surface area contributed by atoms with Crippen LogP contribution in [0.4, 0.5) is 0 Å². The molecular formula is C21H27N3O2S. The molecule has 2 aromatic rings. The molecule has 1 heterocycles. The summed E-state index contributed by atoms with van der Waals surface area (Å²) in [5.41, 5.74) is 3.04. The maximum atomic E-state index is 12.6. The summed E-state index contributed by atoms with van der Waals surface area (Å²) in [6, 6.07) is 8.37. The fraction of sp³-hybridized carbons (Fsp3) is 0.476. The predicted octanol–water partition coefficient (Wildman–Crippen LogP) is 4.54. The summed E-state index contributed by atoms with van der Waals surface area (Å²) in [6.45, 7) is 6.58. The highest BCUT2D eigenvalue weighted by atomic mass is 32.1. The molecule has 2 N–H and O–H groups in total. The van der Waals surface area contributed by atoms with Crippen molar-refractivity contribution in [1.29, 1.82) is 0 Å². The van der Waals surface area contributed by atoms with Gasteiger partial charge in [0.05, 0.1) is 11.8 Å². The van der Waals surface area contributed by atoms with Crippen LogP contribution >= 0.6 is 12.2 Å². The maximum absolute atomic E-state index is 12.6. The number of fused-ring (bicyclic) bond motifs is 1. The van der Waals surface area contributed by atoms with Crippen LogP contribution in [-0.4, -0.2) is 20.4 Å². The van der Waals surface area contributed by atoms with Gasteiger partial charge in [0, 0.05) is 6.54 Å². The van der Waals surface area contributed by atoms with Gasteiger partial charge in [-0.1, -0.05) is 45.0 Å². The largest absolute Gasteiger partial charge is 0.494 e. The van der Waals surface area contributed by atoms with Crippen molar-refractivity contribution in [2.24, 2.45) is 10.9 Å². The van der Waals surface area contributed by atoms with E-state index < -0.39 is 0 Å². The van der Waals surface area contributed by atoms with Gasteiger partial charge in [0.1, 0.15) is 5.56 Å². The van der Waals surface area contributed by atoms with Gasteiger partial charge in [0.2, 0.25) is 5.88 Å². The van der Waals surface area contributed by atoms with Crippen molar-refractivity contribution in [2.75, 3.05) is 0 Å². The summed E-state index contributed by atoms with van der Waals surface area (Å²) >= 11 is 5.25. The first-order valence-electron chi connectivity index (χ1n) is 9.63. The van der Waals surface area contributed by atoms with E-state index in [4.69, 9.17) is 17.2 Å². The lowest BCUT2D eigenvalue weighted by molar-refractivity contribution is 0.379. The third kappa shape index (κ3) is 4.05. The second-order valence-corrected chi connectivity index (χ2v) is 7.89. The number of benzene rings is 1. The second kappa shape index (κ2) is 8.21. The molecule has 27 heavy (non-hydrogen) atoms. The van der Waals surface area contributed by atoms with Crippen LogP contribution in [0.2, 0.25) is 0 Å². The fourth-order valence-corrected chi connectivity index (χ4v) is 3.99. The highest BCUT2D eigenvalue weighted by molar-refractivity contribution is 7.71. The molecule has 0 saturated carbocycles. The Labute approximate surface area is 164 Å². The van der Waals surface area contributed by atoms with Crippen molar-refractivity contribution in [3.63, 3.8) is 0 Å². The molecule has 3 rings (SSSR count). The van der Waals surface area contributed by atoms with E-state index in [0.29, 0.717) is 18.7 Å². The first kappa shape index (κ1) is 19.5. The van der Waals surface area contributed by atoms with E-state index in [1.54, 1.807) is 4.57 Å². The molecule has 144 valence electrons. The number of nitrogens with zero attached hydrogens (tertiary/aromatic N) is 2. The number of aromatic nitrogens is 2. The van der Waals surface area contributed by atoms with Crippen LogP contribution in [0.1, 0.15) is 62.8 Å². The van der Waals surface area contributed by atoms with Crippen LogP contribution in [0.3, 0.4) is 0 Å². The van der Waals surface area contributed by atoms with E-state index in [1.807, 2.05) is 26.8 Å². The Kier molecular flexibility index (Phi) is 5.95. The number of aryl methyl sites for hydroxylation is 1. The van der Waals surface area contributed by atoms with Gasteiger partial charge >= 0.3 is 0 Å². The molecule has 1 aliphatic rings. The molecule has 0 radical (unpaired) electrons. The zero-order valence-corrected chi connectivity index (χ0v) is 17.0. The Morgan fingerprint density at radius 1 is 1.41 bits per heavy atom. The molecule has 6 heteroatoms. The van der Waals surface area contributed by atoms with E-state index in [2.05, 4.69) is 23.2 Å². The molecule has 1 atom stereocenters. The van der Waals surface area contributed by atoms with Gasteiger partial charge < -0.3 is 5.11 Å². The Morgan fingerprint density at radius 2 is 2.15 bits per heavy atom. The van der Waals surface area contributed by atoms with Gasteiger partial charge in [-0.05, 0) is 54.9 Å². The lowest BCUT2D eigenvalue weighted by Gasteiger charge is -2.23. The molecule has 0 aliphatic heterocycles. The first-order valence-corrected chi connectivity index (χ1v) is 10.0. The standard InChI is InChI=1S/C21H27N3O2S/c1-4-16(22-17-11-7-9-14-8-5-6-10-15(14)17)18-19(25)23-21(27)24(20(18)26)12-13(2)3/h5-6,8,10,13,17,26H,4,7,9,11-12H2,1-3H3,(H,23,25,27). The Morgan fingerprint density at radius 3 is 2.85 bits per heavy atom. The summed E-state index contributed by atoms with van der Waals surface area (Å²) in [5.74, 6) is 0.204. The van der Waals surface area contributed by atoms with Gasteiger partial charge in [-0.15, -0.1) is 0 Å². The predicted molar refractivity (Wildman–Crippen MR) is 111 cm³/mol. The van der Waals surface area contributed by atoms with Gasteiger partial charge in [-0.3, -0.25) is 19.3 Å². The van der Waals surface area contributed by atoms with Gasteiger partial charge in [0.15, 0.2) is 4.77 Å². The van der Waals surface area contributed by atoms with E-state index >= 15 is 0 Å². The molecule has 0 spiro atoms. The maximum Gasteiger partial charge on any atom is 0.264 e. The van der Waals surface area contributed by atoms with E-state index in [9.17, 15) is 9.90 Å². The number of H-pyrrole nitrogens is 1. The Balaban J connectivity index is 2.11. The molecular weight excluding hydrogens is 358 g/mol. The van der Waals surface area contributed by atoms with Crippen molar-refractivity contribution in [3.05, 3.63) is 56.1 Å². The molecule has 1 aliphatic carbocycles. The zero-order valence-electron chi connectivity index (χ0n) is 16.2. The highest BCUT2D eigenvalue weighted by Gasteiger charge is 2.23. The SMILES string of the molecule is CCC(=NC1CCCc2ccccc21)c1c(O)n(CC(C)C)c(=S)[nH]c1=O. The van der Waals surface area contributed by atoms with Crippen molar-refractivity contribution in [1.82, 2.24) is 9.55 Å². The molecule has 1 unspecified atom stereocenters. The number of aromatic hydroxyl groups is 1. The van der Waals surface area contributed by atoms with Gasteiger partial charge in [-0.25, -0.2) is 0 Å². The lowest BCUT2D eigenvalue weighted by atomic mass is 9.88. The van der Waals surface area contributed by atoms with Crippen LogP contribution in [0.15, 0.2) is 34.1 Å². The Bertz CT molecular complexity index is 972. The molecule has 0 amide bonds. The number of hydrogen-bond acceptors (Lipinski definition) is 4. The zero-order chi connectivity index (χ0) is 19.6. The van der Waals surface area contributed by atoms with Crippen LogP contribution in [0.5, 0.6) is 5.88 Å². The smallest absolute Gasteiger partial charge is 0.264 e. The molecule has 0 fully saturated rings. The summed E-state index contributed by atoms with van der Waals surface area (Å²) in [7, 11) is 0. The first-order chi connectivity index (χ1) is 12.9. The molecule has 0 saturated heterocycles. The van der Waals surface area contributed by atoms with Crippen molar-refractivity contribution in [2.45, 2.75) is 59.0 Å². The topological polar surface area (TPSA) is 70.4 Å². The summed E-state index contributed by atoms with van der Waals surface area (Å²) in [4.78, 5) is 20.2. The quantitative estimate of drug-likeness (QED) is 0.586. The average Bonchev–Trinajstić information content (AvgIpc) is 2.64. The number of nitrogens with one attached hydrogen (secondary N) is 1. The normalized spacial score (nSPS) is 17.2. The molecule has 1 aromatic heterocycles. The minimum absolute atomic E-state index is 0.0189. The Hall–Kier alpha value is -2.21. The van der Waals surface area contributed by atoms with Crippen molar-refractivity contribution in [3.8, 4) is 5.88 Å². The monoisotopic (exact) mass is 385 g/mol. The second-order valence-electron chi connectivity index (χ2n) is 7.50. The third-order valence-corrected chi connectivity index (χ3v) is 5.32. The van der Waals surface area contributed by atoms with E-state index in [0.717, 1.165) is 19.3 Å². The molecule has 1 aromatic carbocycles. The van der Waals surface area contributed by atoms with E-state index in [1.165, 1.54) is 11.1 Å². The van der Waals surface area contributed by atoms with Gasteiger partial charge in [0.25, 0.3) is 5.56 Å². The summed E-state index contributed by atoms with van der Waals surface area (Å²) < 4.78 is 1.84. The minimum Gasteiger partial charge on any atom is -0.494 e. The van der Waals surface area contributed by atoms with Crippen molar-refractivity contribution < 1.29 is 5.11 Å². The van der Waals surface area contributed by atoms with E-state index in [-0.39, 0.29) is 33.7 Å². The average molecular weight is 386 g/mol. The summed E-state index contributed by atoms with van der Waals surface area (Å²) in [5, 5.41) is 10.8. The fourth-order valence-electron chi connectivity index (χ4n) is 3.74. The van der Waals surface area contributed by atoms with Crippen LogP contribution < -0.4 is 5.56 Å². The number of aliphatic imine (C=N–C) groups is 1. The van der Waals surface area contributed by atoms with Crippen LogP contribution in [-0.2, 0) is 13.0 Å². The molecule has 5 nitrogen and oxygen atoms in total. The number of rotatable bonds is 5. The molecule has 0 bridgehead atoms.